The van der Waals surface area contributed by atoms with Crippen molar-refractivity contribution in [1.82, 2.24) is 15.1 Å². The lowest BCUT2D eigenvalue weighted by atomic mass is 9.37. The van der Waals surface area contributed by atoms with Crippen LogP contribution in [0.1, 0.15) is 24.8 Å². The van der Waals surface area contributed by atoms with Gasteiger partial charge in [0.2, 0.25) is 5.95 Å². The van der Waals surface area contributed by atoms with E-state index < -0.39 is 23.4 Å². The van der Waals surface area contributed by atoms with Crippen LogP contribution in [0.4, 0.5) is 13.6 Å². The number of halogens is 3. The zero-order valence-electron chi connectivity index (χ0n) is 11.8. The first kappa shape index (κ1) is 14.4. The van der Waals surface area contributed by atoms with Gasteiger partial charge < -0.3 is 10.4 Å². The molecule has 1 amide bonds. The molecule has 5 nitrogen and oxygen atoms in total. The van der Waals surface area contributed by atoms with E-state index >= 15 is 0 Å². The summed E-state index contributed by atoms with van der Waals surface area (Å²) in [5.74, 6) is -1.21. The molecule has 5 rings (SSSR count). The Morgan fingerprint density at radius 2 is 2.04 bits per heavy atom. The van der Waals surface area contributed by atoms with Crippen LogP contribution >= 0.6 is 11.6 Å². The Balaban J connectivity index is 1.60. The Bertz CT molecular complexity index is 816. The maximum absolute atomic E-state index is 14.2. The third-order valence-electron chi connectivity index (χ3n) is 4.81. The molecule has 0 unspecified atom stereocenters. The van der Waals surface area contributed by atoms with Crippen LogP contribution in [0.25, 0.3) is 5.69 Å². The summed E-state index contributed by atoms with van der Waals surface area (Å²) in [4.78, 5) is 10.7. The monoisotopic (exact) mass is 339 g/mol. The predicted octanol–water partition coefficient (Wildman–Crippen LogP) is 3.25. The number of carboxylic acid groups (broad SMARTS) is 1. The van der Waals surface area contributed by atoms with E-state index in [2.05, 4.69) is 10.4 Å². The minimum absolute atomic E-state index is 0.0114. The summed E-state index contributed by atoms with van der Waals surface area (Å²) in [5.41, 5.74) is 0.0339. The van der Waals surface area contributed by atoms with E-state index in [9.17, 15) is 13.6 Å². The first-order valence-corrected chi connectivity index (χ1v) is 7.43. The van der Waals surface area contributed by atoms with Gasteiger partial charge in [0.1, 0.15) is 5.82 Å². The maximum atomic E-state index is 14.2. The van der Waals surface area contributed by atoms with E-state index in [0.29, 0.717) is 30.5 Å². The fourth-order valence-electron chi connectivity index (χ4n) is 3.90. The average Bonchev–Trinajstić information content (AvgIpc) is 2.77. The lowest BCUT2D eigenvalue weighted by Gasteiger charge is -2.69. The van der Waals surface area contributed by atoms with Crippen LogP contribution in [0.2, 0.25) is 5.02 Å². The molecule has 3 aliphatic rings. The van der Waals surface area contributed by atoms with Crippen LogP contribution in [-0.4, -0.2) is 26.5 Å². The van der Waals surface area contributed by atoms with Gasteiger partial charge in [-0.2, -0.15) is 4.39 Å². The highest BCUT2D eigenvalue weighted by atomic mass is 35.5. The molecule has 0 atom stereocenters. The standard InChI is InChI=1S/C15H12ClF2N3O2/c16-10-2-1-8(3-11(10)17)21-4-9(12(18)20-21)14-5-15(6-14,7-14)19-13(22)23/h1-4,19H,5-7H2,(H,22,23). The molecule has 120 valence electrons. The summed E-state index contributed by atoms with van der Waals surface area (Å²) >= 11 is 5.64. The number of carbonyl (C=O) groups is 1. The minimum Gasteiger partial charge on any atom is -0.465 e. The van der Waals surface area contributed by atoms with Crippen LogP contribution in [0.15, 0.2) is 24.4 Å². The molecule has 3 saturated carbocycles. The summed E-state index contributed by atoms with van der Waals surface area (Å²) in [5, 5.41) is 15.1. The van der Waals surface area contributed by atoms with E-state index in [1.807, 2.05) is 0 Å². The van der Waals surface area contributed by atoms with E-state index in [-0.39, 0.29) is 10.4 Å². The second kappa shape index (κ2) is 4.44. The molecule has 2 bridgehead atoms. The Hall–Kier alpha value is -2.15. The number of benzene rings is 1. The molecular formula is C15H12ClF2N3O2. The number of rotatable bonds is 3. The predicted molar refractivity (Wildman–Crippen MR) is 77.9 cm³/mol. The molecule has 0 aliphatic heterocycles. The van der Waals surface area contributed by atoms with Gasteiger partial charge in [-0.05, 0) is 31.4 Å². The van der Waals surface area contributed by atoms with Crippen LogP contribution in [0.5, 0.6) is 0 Å². The Morgan fingerprint density at radius 1 is 1.35 bits per heavy atom. The fourth-order valence-corrected chi connectivity index (χ4v) is 4.02. The first-order valence-electron chi connectivity index (χ1n) is 7.05. The quantitative estimate of drug-likeness (QED) is 0.902. The zero-order valence-corrected chi connectivity index (χ0v) is 12.6. The molecular weight excluding hydrogens is 328 g/mol. The van der Waals surface area contributed by atoms with Gasteiger partial charge in [-0.1, -0.05) is 11.6 Å². The second-order valence-corrected chi connectivity index (χ2v) is 6.80. The molecule has 1 aromatic heterocycles. The molecule has 0 spiro atoms. The van der Waals surface area contributed by atoms with Gasteiger partial charge >= 0.3 is 6.09 Å². The van der Waals surface area contributed by atoms with E-state index in [0.717, 1.165) is 0 Å². The number of hydrogen-bond acceptors (Lipinski definition) is 2. The van der Waals surface area contributed by atoms with Crippen molar-refractivity contribution in [2.75, 3.05) is 0 Å². The van der Waals surface area contributed by atoms with E-state index in [4.69, 9.17) is 16.7 Å². The fraction of sp³-hybridized carbons (Fsp3) is 0.333. The summed E-state index contributed by atoms with van der Waals surface area (Å²) in [6.45, 7) is 0. The Labute approximate surface area is 134 Å². The average molecular weight is 340 g/mol. The molecule has 2 N–H and O–H groups in total. The lowest BCUT2D eigenvalue weighted by molar-refractivity contribution is -0.0841. The number of amides is 1. The molecule has 3 fully saturated rings. The number of nitrogens with zero attached hydrogens (tertiary/aromatic N) is 2. The van der Waals surface area contributed by atoms with Crippen LogP contribution in [-0.2, 0) is 5.41 Å². The van der Waals surface area contributed by atoms with Crippen molar-refractivity contribution >= 4 is 17.7 Å². The highest BCUT2D eigenvalue weighted by molar-refractivity contribution is 6.30. The van der Waals surface area contributed by atoms with Crippen LogP contribution in [0.3, 0.4) is 0 Å². The number of aromatic nitrogens is 2. The highest BCUT2D eigenvalue weighted by Crippen LogP contribution is 2.68. The molecule has 0 radical (unpaired) electrons. The molecule has 23 heavy (non-hydrogen) atoms. The Kier molecular flexibility index (Phi) is 2.79. The van der Waals surface area contributed by atoms with E-state index in [1.165, 1.54) is 16.8 Å². The van der Waals surface area contributed by atoms with Gasteiger partial charge in [-0.25, -0.2) is 13.9 Å². The summed E-state index contributed by atoms with van der Waals surface area (Å²) in [6, 6.07) is 4.13. The highest BCUT2D eigenvalue weighted by Gasteiger charge is 2.70. The normalized spacial score (nSPS) is 28.0. The van der Waals surface area contributed by atoms with Gasteiger partial charge in [0.25, 0.3) is 0 Å². The molecule has 8 heteroatoms. The van der Waals surface area contributed by atoms with Crippen molar-refractivity contribution in [1.29, 1.82) is 0 Å². The van der Waals surface area contributed by atoms with Crippen LogP contribution < -0.4 is 5.32 Å². The van der Waals surface area contributed by atoms with Crippen molar-refractivity contribution in [3.05, 3.63) is 46.7 Å². The van der Waals surface area contributed by atoms with Gasteiger partial charge in [-0.3, -0.25) is 0 Å². The summed E-state index contributed by atoms with van der Waals surface area (Å²) < 4.78 is 29.0. The third-order valence-corrected chi connectivity index (χ3v) is 5.12. The van der Waals surface area contributed by atoms with E-state index in [1.54, 1.807) is 12.3 Å². The zero-order chi connectivity index (χ0) is 16.4. The topological polar surface area (TPSA) is 67.2 Å². The molecule has 2 aromatic rings. The minimum atomic E-state index is -1.06. The van der Waals surface area contributed by atoms with Crippen LogP contribution in [0, 0.1) is 11.8 Å². The summed E-state index contributed by atoms with van der Waals surface area (Å²) in [7, 11) is 0. The smallest absolute Gasteiger partial charge is 0.405 e. The van der Waals surface area contributed by atoms with Crippen molar-refractivity contribution < 1.29 is 18.7 Å². The SMILES string of the molecule is O=C(O)NC12CC(c3cn(-c4ccc(Cl)c(F)c4)nc3F)(C1)C2. The second-order valence-electron chi connectivity index (χ2n) is 6.40. The van der Waals surface area contributed by atoms with Crippen molar-refractivity contribution in [3.8, 4) is 5.69 Å². The molecule has 1 aromatic carbocycles. The van der Waals surface area contributed by atoms with Gasteiger partial charge in [-0.15, -0.1) is 5.10 Å². The lowest BCUT2D eigenvalue weighted by Crippen LogP contribution is -2.76. The van der Waals surface area contributed by atoms with Gasteiger partial charge in [0.05, 0.1) is 10.7 Å². The van der Waals surface area contributed by atoms with Gasteiger partial charge in [0, 0.05) is 28.8 Å². The Morgan fingerprint density at radius 3 is 2.65 bits per heavy atom. The van der Waals surface area contributed by atoms with Crippen molar-refractivity contribution in [3.63, 3.8) is 0 Å². The largest absolute Gasteiger partial charge is 0.465 e. The number of nitrogens with one attached hydrogen (secondary N) is 1. The third kappa shape index (κ3) is 2.03. The molecule has 0 saturated heterocycles. The molecule has 1 heterocycles. The van der Waals surface area contributed by atoms with Gasteiger partial charge in [0.15, 0.2) is 0 Å². The van der Waals surface area contributed by atoms with Crippen molar-refractivity contribution in [2.24, 2.45) is 0 Å². The summed E-state index contributed by atoms with van der Waals surface area (Å²) in [6.07, 6.45) is 2.16. The number of hydrogen-bond donors (Lipinski definition) is 2. The van der Waals surface area contributed by atoms with Crippen molar-refractivity contribution in [2.45, 2.75) is 30.2 Å². The molecule has 3 aliphatic carbocycles. The first-order chi connectivity index (χ1) is 10.8. The maximum Gasteiger partial charge on any atom is 0.405 e.